The number of rotatable bonds is 6. The minimum Gasteiger partial charge on any atom is -0.465 e. The predicted molar refractivity (Wildman–Crippen MR) is 120 cm³/mol. The van der Waals surface area contributed by atoms with Crippen molar-refractivity contribution in [3.8, 4) is 22.8 Å². The van der Waals surface area contributed by atoms with E-state index in [-0.39, 0.29) is 0 Å². The minimum absolute atomic E-state index is 0.294. The fourth-order valence-corrected chi connectivity index (χ4v) is 4.20. The Labute approximate surface area is 187 Å². The Balaban J connectivity index is 1.59. The molecule has 7 nitrogen and oxygen atoms in total. The van der Waals surface area contributed by atoms with Gasteiger partial charge in [-0.2, -0.15) is 0 Å². The fraction of sp³-hybridized carbons (Fsp3) is 0.0833. The molecule has 0 aliphatic carbocycles. The molecule has 0 N–H and O–H groups in total. The van der Waals surface area contributed by atoms with Gasteiger partial charge in [-0.3, -0.25) is 4.98 Å². The van der Waals surface area contributed by atoms with Crippen LogP contribution >= 0.6 is 11.8 Å². The Bertz CT molecular complexity index is 1380. The van der Waals surface area contributed by atoms with Crippen LogP contribution < -0.4 is 0 Å². The maximum Gasteiger partial charge on any atom is 0.340 e. The number of esters is 1. The normalized spacial score (nSPS) is 11.0. The van der Waals surface area contributed by atoms with Crippen molar-refractivity contribution in [1.29, 1.82) is 0 Å². The number of pyridine rings is 1. The summed E-state index contributed by atoms with van der Waals surface area (Å²) in [6.45, 7) is 0. The van der Waals surface area contributed by atoms with Crippen LogP contribution in [-0.4, -0.2) is 28.3 Å². The number of benzene rings is 2. The highest BCUT2D eigenvalue weighted by Gasteiger charge is 2.23. The van der Waals surface area contributed by atoms with E-state index in [0.29, 0.717) is 33.9 Å². The molecule has 5 aromatic rings. The molecular weight excluding hydrogens is 426 g/mol. The molecule has 0 aliphatic heterocycles. The van der Waals surface area contributed by atoms with Crippen LogP contribution in [0.4, 0.5) is 0 Å². The first-order chi connectivity index (χ1) is 15.7. The minimum atomic E-state index is -0.445. The smallest absolute Gasteiger partial charge is 0.340 e. The molecule has 3 aromatic heterocycles. The largest absolute Gasteiger partial charge is 0.465 e. The van der Waals surface area contributed by atoms with Crippen molar-refractivity contribution < 1.29 is 18.4 Å². The van der Waals surface area contributed by atoms with Crippen LogP contribution in [0.3, 0.4) is 0 Å². The third-order valence-corrected chi connectivity index (χ3v) is 5.72. The SMILES string of the molecule is COC(=O)c1c(CSc2nnc(-c3ccco3)o2)nc2ccccc2c1-c1ccccc1. The van der Waals surface area contributed by atoms with Gasteiger partial charge in [0.05, 0.1) is 30.1 Å². The lowest BCUT2D eigenvalue weighted by Gasteiger charge is -2.15. The highest BCUT2D eigenvalue weighted by atomic mass is 32.2. The maximum atomic E-state index is 12.9. The molecule has 5 rings (SSSR count). The average Bonchev–Trinajstić information content (AvgIpc) is 3.54. The third kappa shape index (κ3) is 3.76. The quantitative estimate of drug-likeness (QED) is 0.247. The zero-order chi connectivity index (χ0) is 21.9. The first kappa shape index (κ1) is 20.0. The summed E-state index contributed by atoms with van der Waals surface area (Å²) >= 11 is 1.29. The van der Waals surface area contributed by atoms with Crippen molar-refractivity contribution >= 4 is 28.6 Å². The number of thioether (sulfide) groups is 1. The summed E-state index contributed by atoms with van der Waals surface area (Å²) in [7, 11) is 1.37. The standard InChI is InChI=1S/C24H17N3O4S/c1-29-23(28)21-18(14-32-24-27-26-22(31-24)19-12-7-13-30-19)25-17-11-6-5-10-16(17)20(21)15-8-3-2-4-9-15/h2-13H,14H2,1H3. The first-order valence-electron chi connectivity index (χ1n) is 9.80. The fourth-order valence-electron chi connectivity index (χ4n) is 3.49. The van der Waals surface area contributed by atoms with E-state index in [4.69, 9.17) is 18.6 Å². The van der Waals surface area contributed by atoms with Crippen molar-refractivity contribution in [3.05, 3.63) is 84.3 Å². The number of aromatic nitrogens is 3. The number of nitrogens with zero attached hydrogens (tertiary/aromatic N) is 3. The van der Waals surface area contributed by atoms with E-state index in [9.17, 15) is 4.79 Å². The predicted octanol–water partition coefficient (Wildman–Crippen LogP) is 5.62. The van der Waals surface area contributed by atoms with E-state index in [2.05, 4.69) is 10.2 Å². The highest BCUT2D eigenvalue weighted by molar-refractivity contribution is 7.98. The van der Waals surface area contributed by atoms with Crippen LogP contribution in [0.25, 0.3) is 33.7 Å². The Morgan fingerprint density at radius 3 is 2.59 bits per heavy atom. The van der Waals surface area contributed by atoms with E-state index in [1.165, 1.54) is 18.9 Å². The summed E-state index contributed by atoms with van der Waals surface area (Å²) in [6.07, 6.45) is 1.54. The average molecular weight is 443 g/mol. The van der Waals surface area contributed by atoms with Crippen molar-refractivity contribution in [1.82, 2.24) is 15.2 Å². The molecule has 0 fully saturated rings. The molecule has 158 valence electrons. The number of hydrogen-bond acceptors (Lipinski definition) is 8. The van der Waals surface area contributed by atoms with E-state index < -0.39 is 5.97 Å². The molecule has 8 heteroatoms. The van der Waals surface area contributed by atoms with E-state index in [0.717, 1.165) is 22.0 Å². The molecule has 2 aromatic carbocycles. The molecule has 0 spiro atoms. The van der Waals surface area contributed by atoms with E-state index >= 15 is 0 Å². The van der Waals surface area contributed by atoms with Gasteiger partial charge >= 0.3 is 5.97 Å². The highest BCUT2D eigenvalue weighted by Crippen LogP contribution is 2.36. The molecule has 0 atom stereocenters. The zero-order valence-corrected chi connectivity index (χ0v) is 17.8. The number of fused-ring (bicyclic) bond motifs is 1. The lowest BCUT2D eigenvalue weighted by molar-refractivity contribution is 0.0600. The second kappa shape index (κ2) is 8.68. The Morgan fingerprint density at radius 2 is 1.81 bits per heavy atom. The van der Waals surface area contributed by atoms with E-state index in [1.54, 1.807) is 18.4 Å². The Kier molecular flexibility index (Phi) is 5.43. The van der Waals surface area contributed by atoms with Crippen molar-refractivity contribution in [2.75, 3.05) is 7.11 Å². The lowest BCUT2D eigenvalue weighted by atomic mass is 9.94. The second-order valence-corrected chi connectivity index (χ2v) is 7.75. The zero-order valence-electron chi connectivity index (χ0n) is 17.0. The Morgan fingerprint density at radius 1 is 1.00 bits per heavy atom. The summed E-state index contributed by atoms with van der Waals surface area (Å²) in [5.41, 5.74) is 3.50. The number of ether oxygens (including phenoxy) is 1. The summed E-state index contributed by atoms with van der Waals surface area (Å²) in [5, 5.41) is 9.31. The van der Waals surface area contributed by atoms with Gasteiger partial charge in [-0.05, 0) is 23.8 Å². The molecule has 0 radical (unpaired) electrons. The van der Waals surface area contributed by atoms with Gasteiger partial charge in [0.1, 0.15) is 0 Å². The molecule has 0 aliphatic rings. The van der Waals surface area contributed by atoms with Crippen molar-refractivity contribution in [3.63, 3.8) is 0 Å². The molecular formula is C24H17N3O4S. The first-order valence-corrected chi connectivity index (χ1v) is 10.8. The molecule has 0 saturated heterocycles. The van der Waals surface area contributed by atoms with Crippen LogP contribution in [0, 0.1) is 0 Å². The van der Waals surface area contributed by atoms with Gasteiger partial charge in [0.25, 0.3) is 11.1 Å². The molecule has 0 unspecified atom stereocenters. The third-order valence-electron chi connectivity index (χ3n) is 4.89. The molecule has 0 amide bonds. The van der Waals surface area contributed by atoms with Crippen LogP contribution in [0.5, 0.6) is 0 Å². The van der Waals surface area contributed by atoms with Crippen LogP contribution in [0.1, 0.15) is 16.1 Å². The number of hydrogen-bond donors (Lipinski definition) is 0. The summed E-state index contributed by atoms with van der Waals surface area (Å²) in [6, 6.07) is 21.0. The van der Waals surface area contributed by atoms with Crippen molar-refractivity contribution in [2.45, 2.75) is 11.0 Å². The Hall–Kier alpha value is -3.91. The monoisotopic (exact) mass is 443 g/mol. The van der Waals surface area contributed by atoms with Gasteiger partial charge in [-0.1, -0.05) is 60.3 Å². The summed E-state index contributed by atoms with van der Waals surface area (Å²) in [5.74, 6) is 0.686. The lowest BCUT2D eigenvalue weighted by Crippen LogP contribution is -2.10. The van der Waals surface area contributed by atoms with Crippen LogP contribution in [-0.2, 0) is 10.5 Å². The van der Waals surface area contributed by atoms with Gasteiger partial charge in [0.15, 0.2) is 5.76 Å². The number of carbonyl (C=O) groups is 1. The van der Waals surface area contributed by atoms with Crippen LogP contribution in [0.15, 0.2) is 87.1 Å². The van der Waals surface area contributed by atoms with Crippen LogP contribution in [0.2, 0.25) is 0 Å². The van der Waals surface area contributed by atoms with Gasteiger partial charge in [-0.25, -0.2) is 4.79 Å². The molecule has 0 saturated carbocycles. The van der Waals surface area contributed by atoms with Crippen molar-refractivity contribution in [2.24, 2.45) is 0 Å². The number of para-hydroxylation sites is 1. The number of furan rings is 1. The topological polar surface area (TPSA) is 91.2 Å². The summed E-state index contributed by atoms with van der Waals surface area (Å²) in [4.78, 5) is 17.7. The van der Waals surface area contributed by atoms with Gasteiger partial charge in [0, 0.05) is 16.7 Å². The molecule has 3 heterocycles. The summed E-state index contributed by atoms with van der Waals surface area (Å²) < 4.78 is 16.1. The van der Waals surface area contributed by atoms with E-state index in [1.807, 2.05) is 54.6 Å². The second-order valence-electron chi connectivity index (χ2n) is 6.82. The molecule has 0 bridgehead atoms. The maximum absolute atomic E-state index is 12.9. The number of methoxy groups -OCH3 is 1. The van der Waals surface area contributed by atoms with Gasteiger partial charge in [0.2, 0.25) is 0 Å². The van der Waals surface area contributed by atoms with Gasteiger partial charge < -0.3 is 13.6 Å². The van der Waals surface area contributed by atoms with Gasteiger partial charge in [-0.15, -0.1) is 10.2 Å². The molecule has 32 heavy (non-hydrogen) atoms. The number of carbonyl (C=O) groups excluding carboxylic acids is 1.